The molecular formula is C10H15NS. The van der Waals surface area contributed by atoms with E-state index in [4.69, 9.17) is 0 Å². The van der Waals surface area contributed by atoms with Crippen molar-refractivity contribution in [2.24, 2.45) is 0 Å². The van der Waals surface area contributed by atoms with Crippen molar-refractivity contribution in [3.8, 4) is 0 Å². The van der Waals surface area contributed by atoms with Gasteiger partial charge in [-0.3, -0.25) is 0 Å². The lowest BCUT2D eigenvalue weighted by Crippen LogP contribution is -2.20. The summed E-state index contributed by atoms with van der Waals surface area (Å²) in [6, 6.07) is 3.56. The van der Waals surface area contributed by atoms with Crippen LogP contribution in [0.25, 0.3) is 0 Å². The third kappa shape index (κ3) is 1.70. The van der Waals surface area contributed by atoms with E-state index in [1.54, 1.807) is 0 Å². The number of thiophene rings is 1. The Balaban J connectivity index is 2.02. The van der Waals surface area contributed by atoms with Gasteiger partial charge in [0.25, 0.3) is 0 Å². The first-order valence-corrected chi connectivity index (χ1v) is 5.45. The van der Waals surface area contributed by atoms with E-state index in [0.29, 0.717) is 6.04 Å². The van der Waals surface area contributed by atoms with Crippen LogP contribution in [0.15, 0.2) is 11.4 Å². The molecule has 0 bridgehead atoms. The Labute approximate surface area is 77.8 Å². The highest BCUT2D eigenvalue weighted by molar-refractivity contribution is 7.10. The molecule has 1 atom stereocenters. The normalized spacial score (nSPS) is 19.5. The van der Waals surface area contributed by atoms with Crippen molar-refractivity contribution < 1.29 is 0 Å². The molecule has 1 aliphatic carbocycles. The molecule has 1 aromatic rings. The van der Waals surface area contributed by atoms with Crippen LogP contribution in [-0.2, 0) is 0 Å². The van der Waals surface area contributed by atoms with Gasteiger partial charge in [0.05, 0.1) is 0 Å². The summed E-state index contributed by atoms with van der Waals surface area (Å²) in [5, 5.41) is 5.78. The van der Waals surface area contributed by atoms with E-state index in [-0.39, 0.29) is 0 Å². The molecule has 1 aliphatic rings. The molecule has 1 saturated carbocycles. The number of rotatable bonds is 3. The molecule has 2 heteroatoms. The molecule has 0 saturated heterocycles. The zero-order valence-corrected chi connectivity index (χ0v) is 8.45. The quantitative estimate of drug-likeness (QED) is 0.756. The zero-order valence-electron chi connectivity index (χ0n) is 7.63. The molecule has 0 aromatic carbocycles. The molecule has 66 valence electrons. The molecule has 0 radical (unpaired) electrons. The number of hydrogen-bond acceptors (Lipinski definition) is 2. The Kier molecular flexibility index (Phi) is 2.20. The molecule has 1 N–H and O–H groups in total. The molecule has 1 nitrogen and oxygen atoms in total. The van der Waals surface area contributed by atoms with Crippen LogP contribution in [0.5, 0.6) is 0 Å². The lowest BCUT2D eigenvalue weighted by atomic mass is 10.2. The molecule has 2 rings (SSSR count). The minimum absolute atomic E-state index is 0.553. The van der Waals surface area contributed by atoms with Crippen molar-refractivity contribution in [3.05, 3.63) is 21.9 Å². The van der Waals surface area contributed by atoms with E-state index in [1.165, 1.54) is 23.3 Å². The molecule has 12 heavy (non-hydrogen) atoms. The molecule has 0 amide bonds. The summed E-state index contributed by atoms with van der Waals surface area (Å²) in [6.07, 6.45) is 2.74. The fourth-order valence-electron chi connectivity index (χ4n) is 1.51. The second-order valence-corrected chi connectivity index (χ2v) is 4.58. The molecule has 0 spiro atoms. The standard InChI is InChI=1S/C10H15NS/c1-7-5-6-12-10(7)8(2)11-9-3-4-9/h5-6,8-9,11H,3-4H2,1-2H3/t8-/m1/s1. The van der Waals surface area contributed by atoms with Gasteiger partial charge >= 0.3 is 0 Å². The van der Waals surface area contributed by atoms with Crippen molar-refractivity contribution in [3.63, 3.8) is 0 Å². The van der Waals surface area contributed by atoms with Crippen LogP contribution in [0.1, 0.15) is 36.2 Å². The first-order valence-electron chi connectivity index (χ1n) is 4.57. The first-order chi connectivity index (χ1) is 5.77. The molecule has 1 aromatic heterocycles. The lowest BCUT2D eigenvalue weighted by molar-refractivity contribution is 0.577. The number of hydrogen-bond donors (Lipinski definition) is 1. The Hall–Kier alpha value is -0.340. The Morgan fingerprint density at radius 3 is 2.83 bits per heavy atom. The van der Waals surface area contributed by atoms with Crippen LogP contribution in [0.2, 0.25) is 0 Å². The Morgan fingerprint density at radius 2 is 2.33 bits per heavy atom. The lowest BCUT2D eigenvalue weighted by Gasteiger charge is -2.12. The third-order valence-electron chi connectivity index (χ3n) is 2.36. The van der Waals surface area contributed by atoms with Gasteiger partial charge in [-0.15, -0.1) is 11.3 Å². The average molecular weight is 181 g/mol. The van der Waals surface area contributed by atoms with Crippen LogP contribution in [0.3, 0.4) is 0 Å². The molecule has 1 fully saturated rings. The van der Waals surface area contributed by atoms with Crippen LogP contribution in [-0.4, -0.2) is 6.04 Å². The highest BCUT2D eigenvalue weighted by Crippen LogP contribution is 2.28. The van der Waals surface area contributed by atoms with E-state index in [1.807, 2.05) is 11.3 Å². The smallest absolute Gasteiger partial charge is 0.0390 e. The van der Waals surface area contributed by atoms with Gasteiger partial charge in [-0.25, -0.2) is 0 Å². The predicted molar refractivity (Wildman–Crippen MR) is 53.6 cm³/mol. The van der Waals surface area contributed by atoms with Crippen molar-refractivity contribution >= 4 is 11.3 Å². The maximum atomic E-state index is 3.61. The van der Waals surface area contributed by atoms with E-state index in [2.05, 4.69) is 30.6 Å². The summed E-state index contributed by atoms with van der Waals surface area (Å²) in [7, 11) is 0. The van der Waals surface area contributed by atoms with Crippen LogP contribution in [0.4, 0.5) is 0 Å². The van der Waals surface area contributed by atoms with Crippen LogP contribution < -0.4 is 5.32 Å². The predicted octanol–water partition coefficient (Wildman–Crippen LogP) is 2.87. The fraction of sp³-hybridized carbons (Fsp3) is 0.600. The molecule has 1 heterocycles. The van der Waals surface area contributed by atoms with Crippen molar-refractivity contribution in [2.75, 3.05) is 0 Å². The highest BCUT2D eigenvalue weighted by atomic mass is 32.1. The maximum Gasteiger partial charge on any atom is 0.0390 e. The number of nitrogens with one attached hydrogen (secondary N) is 1. The van der Waals surface area contributed by atoms with Gasteiger partial charge in [0.2, 0.25) is 0 Å². The summed E-state index contributed by atoms with van der Waals surface area (Å²) in [5.74, 6) is 0. The first kappa shape index (κ1) is 8.27. The van der Waals surface area contributed by atoms with E-state index in [0.717, 1.165) is 6.04 Å². The van der Waals surface area contributed by atoms with Crippen LogP contribution >= 0.6 is 11.3 Å². The Morgan fingerprint density at radius 1 is 1.58 bits per heavy atom. The Bertz CT molecular complexity index is 263. The summed E-state index contributed by atoms with van der Waals surface area (Å²) in [5.41, 5.74) is 1.43. The fourth-order valence-corrected chi connectivity index (χ4v) is 2.45. The van der Waals surface area contributed by atoms with Gasteiger partial charge in [0, 0.05) is 17.0 Å². The summed E-state index contributed by atoms with van der Waals surface area (Å²) >= 11 is 1.86. The maximum absolute atomic E-state index is 3.61. The van der Waals surface area contributed by atoms with Gasteiger partial charge in [-0.1, -0.05) is 0 Å². The van der Waals surface area contributed by atoms with Gasteiger partial charge in [-0.2, -0.15) is 0 Å². The summed E-state index contributed by atoms with van der Waals surface area (Å²) in [4.78, 5) is 1.50. The highest BCUT2D eigenvalue weighted by Gasteiger charge is 2.23. The van der Waals surface area contributed by atoms with Crippen LogP contribution in [0, 0.1) is 6.92 Å². The minimum Gasteiger partial charge on any atom is -0.307 e. The van der Waals surface area contributed by atoms with Gasteiger partial charge in [0.15, 0.2) is 0 Å². The largest absolute Gasteiger partial charge is 0.307 e. The summed E-state index contributed by atoms with van der Waals surface area (Å²) < 4.78 is 0. The molecule has 0 unspecified atom stereocenters. The van der Waals surface area contributed by atoms with Crippen molar-refractivity contribution in [1.82, 2.24) is 5.32 Å². The topological polar surface area (TPSA) is 12.0 Å². The van der Waals surface area contributed by atoms with Crippen molar-refractivity contribution in [1.29, 1.82) is 0 Å². The van der Waals surface area contributed by atoms with E-state index in [9.17, 15) is 0 Å². The minimum atomic E-state index is 0.553. The average Bonchev–Trinajstić information content (AvgIpc) is 2.72. The van der Waals surface area contributed by atoms with Gasteiger partial charge in [-0.05, 0) is 43.7 Å². The summed E-state index contributed by atoms with van der Waals surface area (Å²) in [6.45, 7) is 4.45. The van der Waals surface area contributed by atoms with E-state index >= 15 is 0 Å². The zero-order chi connectivity index (χ0) is 8.55. The molecule has 0 aliphatic heterocycles. The van der Waals surface area contributed by atoms with Crippen molar-refractivity contribution in [2.45, 2.75) is 38.8 Å². The third-order valence-corrected chi connectivity index (χ3v) is 3.56. The second kappa shape index (κ2) is 3.19. The number of aryl methyl sites for hydroxylation is 1. The second-order valence-electron chi connectivity index (χ2n) is 3.63. The van der Waals surface area contributed by atoms with Gasteiger partial charge in [0.1, 0.15) is 0 Å². The molecular weight excluding hydrogens is 166 g/mol. The monoisotopic (exact) mass is 181 g/mol. The van der Waals surface area contributed by atoms with Gasteiger partial charge < -0.3 is 5.32 Å². The van der Waals surface area contributed by atoms with E-state index < -0.39 is 0 Å². The SMILES string of the molecule is Cc1ccsc1[C@@H](C)NC1CC1.